The summed E-state index contributed by atoms with van der Waals surface area (Å²) in [5.74, 6) is 0.175. The number of benzene rings is 3. The molecule has 0 aromatic heterocycles. The van der Waals surface area contributed by atoms with Gasteiger partial charge in [0.2, 0.25) is 5.17 Å². The zero-order valence-electron chi connectivity index (χ0n) is 26.8. The lowest BCUT2D eigenvalue weighted by atomic mass is 10.2. The predicted molar refractivity (Wildman–Crippen MR) is 193 cm³/mol. The molecule has 2 heterocycles. The first-order valence-electron chi connectivity index (χ1n) is 15.7. The number of nitrogens with zero attached hydrogens (tertiary/aromatic N) is 4. The summed E-state index contributed by atoms with van der Waals surface area (Å²) in [7, 11) is 0. The fourth-order valence-electron chi connectivity index (χ4n) is 4.68. The van der Waals surface area contributed by atoms with Gasteiger partial charge in [0.05, 0.1) is 40.4 Å². The SMILES string of the molecule is C=CC(=O)OCCCCOc1ccc(C(=O)Oc2ccc(NNC3=CC4SC(N=Nc5ccc(N(CC)CC)cc5)=NC4S3)cc2)cc1. The van der Waals surface area contributed by atoms with E-state index in [0.29, 0.717) is 41.9 Å². The summed E-state index contributed by atoms with van der Waals surface area (Å²) >= 11 is 3.23. The first kappa shape index (κ1) is 34.6. The average Bonchev–Trinajstić information content (AvgIpc) is 3.68. The number of unbranched alkanes of at least 4 members (excludes halogenated alkanes) is 1. The second-order valence-electron chi connectivity index (χ2n) is 10.5. The van der Waals surface area contributed by atoms with Gasteiger partial charge in [-0.3, -0.25) is 5.43 Å². The third-order valence-electron chi connectivity index (χ3n) is 7.26. The Kier molecular flexibility index (Phi) is 12.5. The number of hydrogen-bond donors (Lipinski definition) is 2. The van der Waals surface area contributed by atoms with Crippen molar-refractivity contribution in [2.45, 2.75) is 37.3 Å². The van der Waals surface area contributed by atoms with E-state index in [2.05, 4.69) is 64.6 Å². The smallest absolute Gasteiger partial charge is 0.343 e. The van der Waals surface area contributed by atoms with Gasteiger partial charge in [-0.1, -0.05) is 30.1 Å². The van der Waals surface area contributed by atoms with Gasteiger partial charge >= 0.3 is 11.9 Å². The number of fused-ring (bicyclic) bond motifs is 1. The molecule has 11 nitrogen and oxygen atoms in total. The number of carbonyl (C=O) groups is 2. The highest BCUT2D eigenvalue weighted by Gasteiger charge is 2.35. The van der Waals surface area contributed by atoms with E-state index in [1.807, 2.05) is 24.3 Å². The summed E-state index contributed by atoms with van der Waals surface area (Å²) in [4.78, 5) is 30.7. The molecule has 48 heavy (non-hydrogen) atoms. The number of hydrazine groups is 1. The number of ether oxygens (including phenoxy) is 3. The standard InChI is InChI=1S/C35H38N6O5S2/c1-4-32(42)45-22-8-7-21-44-28-17-9-24(10-18-28)34(43)46-29-19-13-26(14-20-29)37-39-31-23-30-33(48-31)36-35(47-30)40-38-25-11-15-27(16-12-25)41(5-2)6-3/h4,9-20,23,30,33,37,39H,1,5-8,21-22H2,2-3H3. The van der Waals surface area contributed by atoms with Crippen molar-refractivity contribution >= 4 is 57.7 Å². The Bertz CT molecular complexity index is 1640. The third kappa shape index (κ3) is 9.88. The van der Waals surface area contributed by atoms with Crippen molar-refractivity contribution in [3.8, 4) is 11.5 Å². The summed E-state index contributed by atoms with van der Waals surface area (Å²) in [6.07, 6.45) is 4.68. The fourth-order valence-corrected chi connectivity index (χ4v) is 7.01. The first-order valence-corrected chi connectivity index (χ1v) is 17.5. The topological polar surface area (TPSA) is 126 Å². The number of anilines is 2. The summed E-state index contributed by atoms with van der Waals surface area (Å²) < 4.78 is 16.1. The Morgan fingerprint density at radius 2 is 1.60 bits per heavy atom. The maximum absolute atomic E-state index is 12.6. The number of nitrogens with one attached hydrogen (secondary N) is 2. The lowest BCUT2D eigenvalue weighted by Crippen LogP contribution is -2.21. The minimum absolute atomic E-state index is 0.0429. The van der Waals surface area contributed by atoms with Crippen LogP contribution in [0.2, 0.25) is 0 Å². The van der Waals surface area contributed by atoms with Gasteiger partial charge in [-0.15, -0.1) is 10.2 Å². The van der Waals surface area contributed by atoms with E-state index in [1.54, 1.807) is 59.9 Å². The second-order valence-corrected chi connectivity index (χ2v) is 12.8. The number of thioether (sulfide) groups is 2. The minimum Gasteiger partial charge on any atom is -0.494 e. The molecule has 0 fully saturated rings. The van der Waals surface area contributed by atoms with Gasteiger partial charge in [-0.2, -0.15) is 0 Å². The summed E-state index contributed by atoms with van der Waals surface area (Å²) in [6.45, 7) is 10.4. The molecular formula is C35H38N6O5S2. The van der Waals surface area contributed by atoms with Crippen molar-refractivity contribution in [1.29, 1.82) is 0 Å². The van der Waals surface area contributed by atoms with Gasteiger partial charge in [0.15, 0.2) is 0 Å². The van der Waals surface area contributed by atoms with Crippen LogP contribution >= 0.6 is 23.5 Å². The molecule has 0 spiro atoms. The number of esters is 2. The highest BCUT2D eigenvalue weighted by Crippen LogP contribution is 2.43. The van der Waals surface area contributed by atoms with Gasteiger partial charge in [0.25, 0.3) is 0 Å². The minimum atomic E-state index is -0.464. The number of rotatable bonds is 16. The second kappa shape index (κ2) is 17.4. The number of aliphatic imine (C=N–C) groups is 1. The number of amidine groups is 1. The summed E-state index contributed by atoms with van der Waals surface area (Å²) in [5.41, 5.74) is 9.62. The van der Waals surface area contributed by atoms with Crippen LogP contribution in [0, 0.1) is 0 Å². The highest BCUT2D eigenvalue weighted by molar-refractivity contribution is 8.16. The van der Waals surface area contributed by atoms with Crippen molar-refractivity contribution < 1.29 is 23.8 Å². The van der Waals surface area contributed by atoms with Crippen LogP contribution in [0.5, 0.6) is 11.5 Å². The van der Waals surface area contributed by atoms with Crippen LogP contribution in [0.3, 0.4) is 0 Å². The van der Waals surface area contributed by atoms with Crippen molar-refractivity contribution in [1.82, 2.24) is 5.43 Å². The predicted octanol–water partition coefficient (Wildman–Crippen LogP) is 7.73. The van der Waals surface area contributed by atoms with E-state index in [1.165, 1.54) is 5.69 Å². The molecular weight excluding hydrogens is 649 g/mol. The van der Waals surface area contributed by atoms with E-state index in [4.69, 9.17) is 19.2 Å². The zero-order chi connectivity index (χ0) is 33.7. The first-order chi connectivity index (χ1) is 23.4. The van der Waals surface area contributed by atoms with E-state index in [0.717, 1.165) is 42.0 Å². The van der Waals surface area contributed by atoms with Crippen LogP contribution in [-0.2, 0) is 9.53 Å². The molecule has 0 aliphatic carbocycles. The Labute approximate surface area is 288 Å². The number of carbonyl (C=O) groups excluding carboxylic acids is 2. The molecule has 0 saturated heterocycles. The normalized spacial score (nSPS) is 16.5. The molecule has 3 aromatic carbocycles. The van der Waals surface area contributed by atoms with Gasteiger partial charge in [0.1, 0.15) is 16.9 Å². The lowest BCUT2D eigenvalue weighted by Gasteiger charge is -2.20. The van der Waals surface area contributed by atoms with E-state index >= 15 is 0 Å². The molecule has 3 aromatic rings. The van der Waals surface area contributed by atoms with Crippen molar-refractivity contribution in [3.05, 3.63) is 102 Å². The van der Waals surface area contributed by atoms with Gasteiger partial charge < -0.3 is 24.5 Å². The quantitative estimate of drug-likeness (QED) is 0.0386. The Hall–Kier alpha value is -4.75. The van der Waals surface area contributed by atoms with Crippen LogP contribution in [0.15, 0.2) is 112 Å². The largest absolute Gasteiger partial charge is 0.494 e. The van der Waals surface area contributed by atoms with Crippen LogP contribution in [0.4, 0.5) is 17.1 Å². The van der Waals surface area contributed by atoms with Crippen LogP contribution in [0.1, 0.15) is 37.0 Å². The van der Waals surface area contributed by atoms with Crippen molar-refractivity contribution in [3.63, 3.8) is 0 Å². The molecule has 13 heteroatoms. The molecule has 250 valence electrons. The number of azo groups is 1. The molecule has 0 saturated carbocycles. The van der Waals surface area contributed by atoms with Gasteiger partial charge in [-0.05, 0) is 106 Å². The molecule has 2 aliphatic rings. The molecule has 0 radical (unpaired) electrons. The lowest BCUT2D eigenvalue weighted by molar-refractivity contribution is -0.137. The third-order valence-corrected chi connectivity index (χ3v) is 9.62. The van der Waals surface area contributed by atoms with Crippen molar-refractivity contribution in [2.75, 3.05) is 36.6 Å². The fraction of sp³-hybridized carbons (Fsp3) is 0.286. The van der Waals surface area contributed by atoms with Crippen LogP contribution in [0.25, 0.3) is 0 Å². The monoisotopic (exact) mass is 686 g/mol. The molecule has 2 unspecified atom stereocenters. The van der Waals surface area contributed by atoms with Crippen molar-refractivity contribution in [2.24, 2.45) is 15.2 Å². The van der Waals surface area contributed by atoms with Crippen LogP contribution in [-0.4, -0.2) is 54.0 Å². The zero-order valence-corrected chi connectivity index (χ0v) is 28.5. The molecule has 5 rings (SSSR count). The molecule has 0 bridgehead atoms. The Balaban J connectivity index is 1.00. The summed E-state index contributed by atoms with van der Waals surface area (Å²) in [6, 6.07) is 22.0. The van der Waals surface area contributed by atoms with E-state index < -0.39 is 11.9 Å². The number of hydrogen-bond acceptors (Lipinski definition) is 13. The van der Waals surface area contributed by atoms with Crippen LogP contribution < -0.4 is 25.2 Å². The summed E-state index contributed by atoms with van der Waals surface area (Å²) in [5, 5.41) is 10.6. The molecule has 2 N–H and O–H groups in total. The van der Waals surface area contributed by atoms with E-state index in [-0.39, 0.29) is 10.6 Å². The highest BCUT2D eigenvalue weighted by atomic mass is 32.2. The van der Waals surface area contributed by atoms with Gasteiger partial charge in [0, 0.05) is 24.9 Å². The molecule has 2 atom stereocenters. The average molecular weight is 687 g/mol. The molecule has 2 aliphatic heterocycles. The maximum Gasteiger partial charge on any atom is 0.343 e. The Morgan fingerprint density at radius 3 is 2.29 bits per heavy atom. The van der Waals surface area contributed by atoms with Gasteiger partial charge in [-0.25, -0.2) is 14.6 Å². The van der Waals surface area contributed by atoms with E-state index in [9.17, 15) is 9.59 Å². The Morgan fingerprint density at radius 1 is 0.896 bits per heavy atom. The maximum atomic E-state index is 12.6. The molecule has 0 amide bonds.